The Kier molecular flexibility index (Phi) is 3.21. The van der Waals surface area contributed by atoms with Crippen molar-refractivity contribution in [1.82, 2.24) is 0 Å². The molecule has 0 aliphatic rings. The van der Waals surface area contributed by atoms with Gasteiger partial charge in [0.25, 0.3) is 10.1 Å². The van der Waals surface area contributed by atoms with Crippen molar-refractivity contribution in [2.45, 2.75) is 4.90 Å². The summed E-state index contributed by atoms with van der Waals surface area (Å²) in [6.45, 7) is 0. The van der Waals surface area contributed by atoms with Crippen LogP contribution in [0.5, 0.6) is 0 Å². The highest BCUT2D eigenvalue weighted by molar-refractivity contribution is 7.86. The lowest BCUT2D eigenvalue weighted by Crippen LogP contribution is -2.08. The van der Waals surface area contributed by atoms with Crippen molar-refractivity contribution in [2.75, 3.05) is 0 Å². The summed E-state index contributed by atoms with van der Waals surface area (Å²) in [6.07, 6.45) is 0. The highest BCUT2D eigenvalue weighted by Gasteiger charge is 2.19. The highest BCUT2D eigenvalue weighted by Crippen LogP contribution is 2.16. The molecule has 7 heteroatoms. The van der Waals surface area contributed by atoms with Crippen LogP contribution in [0.25, 0.3) is 0 Å². The summed E-state index contributed by atoms with van der Waals surface area (Å²) in [4.78, 5) is 10.6. The Morgan fingerprint density at radius 2 is 1.93 bits per heavy atom. The molecule has 1 N–H and O–H groups in total. The lowest BCUT2D eigenvalue weighted by molar-refractivity contribution is 0.0761. The van der Waals surface area contributed by atoms with E-state index in [2.05, 4.69) is 4.52 Å². The fourth-order valence-corrected chi connectivity index (χ4v) is 1.73. The van der Waals surface area contributed by atoms with E-state index in [1.54, 1.807) is 9.47 Å². The summed E-state index contributed by atoms with van der Waals surface area (Å²) in [7, 11) is -2.69. The smallest absolute Gasteiger partial charge is 0.341 e. The molecule has 1 unspecified atom stereocenters. The third-order valence-electron chi connectivity index (χ3n) is 1.49. The van der Waals surface area contributed by atoms with Crippen molar-refractivity contribution >= 4 is 25.6 Å². The zero-order valence-corrected chi connectivity index (χ0v) is 8.85. The molecule has 0 bridgehead atoms. The average molecular weight is 234 g/mol. The second-order valence-electron chi connectivity index (χ2n) is 2.38. The lowest BCUT2D eigenvalue weighted by Gasteiger charge is -2.03. The van der Waals surface area contributed by atoms with Gasteiger partial charge in [0.15, 0.2) is 0 Å². The Morgan fingerprint density at radius 1 is 1.36 bits per heavy atom. The first-order valence-electron chi connectivity index (χ1n) is 3.44. The molecular weight excluding hydrogens is 227 g/mol. The molecule has 0 aliphatic carbocycles. The normalized spacial score (nSPS) is 11.0. The largest absolute Gasteiger partial charge is 0.448 e. The van der Waals surface area contributed by atoms with Gasteiger partial charge in [-0.15, -0.1) is 0 Å². The quantitative estimate of drug-likeness (QED) is 0.606. The molecule has 76 valence electrons. The van der Waals surface area contributed by atoms with Gasteiger partial charge >= 0.3 is 5.97 Å². The van der Waals surface area contributed by atoms with Gasteiger partial charge < -0.3 is 4.52 Å². The number of benzene rings is 1. The van der Waals surface area contributed by atoms with Crippen LogP contribution >= 0.6 is 9.47 Å². The van der Waals surface area contributed by atoms with Crippen molar-refractivity contribution in [1.29, 1.82) is 0 Å². The zero-order chi connectivity index (χ0) is 10.8. The molecule has 0 fully saturated rings. The van der Waals surface area contributed by atoms with Crippen LogP contribution in [0.3, 0.4) is 0 Å². The minimum atomic E-state index is -4.40. The SMILES string of the molecule is O=C(OP)c1ccccc1S(=O)(=O)O. The Morgan fingerprint density at radius 3 is 2.43 bits per heavy atom. The maximum atomic E-state index is 11.1. The van der Waals surface area contributed by atoms with E-state index >= 15 is 0 Å². The molecule has 0 saturated heterocycles. The van der Waals surface area contributed by atoms with Crippen molar-refractivity contribution in [3.05, 3.63) is 29.8 Å². The predicted molar refractivity (Wildman–Crippen MR) is 51.4 cm³/mol. The number of rotatable bonds is 2. The van der Waals surface area contributed by atoms with Gasteiger partial charge in [0.2, 0.25) is 0 Å². The molecule has 0 saturated carbocycles. The summed E-state index contributed by atoms with van der Waals surface area (Å²) < 4.78 is 34.7. The lowest BCUT2D eigenvalue weighted by atomic mass is 10.2. The van der Waals surface area contributed by atoms with Crippen molar-refractivity contribution < 1.29 is 22.3 Å². The molecule has 5 nitrogen and oxygen atoms in total. The van der Waals surface area contributed by atoms with E-state index in [0.29, 0.717) is 0 Å². The fourth-order valence-electron chi connectivity index (χ4n) is 0.924. The van der Waals surface area contributed by atoms with Gasteiger partial charge in [-0.1, -0.05) is 12.1 Å². The Bertz CT molecular complexity index is 453. The minimum Gasteiger partial charge on any atom is -0.448 e. The van der Waals surface area contributed by atoms with Crippen LogP contribution in [0.15, 0.2) is 29.2 Å². The molecule has 0 spiro atoms. The summed E-state index contributed by atoms with van der Waals surface area (Å²) in [6, 6.07) is 5.22. The van der Waals surface area contributed by atoms with Gasteiger partial charge in [-0.2, -0.15) is 8.42 Å². The van der Waals surface area contributed by atoms with Crippen LogP contribution < -0.4 is 0 Å². The summed E-state index contributed by atoms with van der Waals surface area (Å²) in [5.74, 6) is -0.844. The summed E-state index contributed by atoms with van der Waals surface area (Å²) in [5, 5.41) is 0. The molecule has 0 aliphatic heterocycles. The molecule has 0 aromatic heterocycles. The van der Waals surface area contributed by atoms with Gasteiger partial charge in [-0.25, -0.2) is 4.79 Å². The number of hydrogen-bond acceptors (Lipinski definition) is 4. The van der Waals surface area contributed by atoms with Crippen LogP contribution in [0.2, 0.25) is 0 Å². The van der Waals surface area contributed by atoms with Crippen LogP contribution in [-0.2, 0) is 14.6 Å². The van der Waals surface area contributed by atoms with E-state index in [0.717, 1.165) is 6.07 Å². The molecule has 1 atom stereocenters. The van der Waals surface area contributed by atoms with E-state index in [4.69, 9.17) is 4.55 Å². The first-order chi connectivity index (χ1) is 6.46. The van der Waals surface area contributed by atoms with E-state index in [-0.39, 0.29) is 5.56 Å². The molecule has 0 heterocycles. The van der Waals surface area contributed by atoms with Gasteiger partial charge in [0, 0.05) is 0 Å². The number of carbonyl (C=O) groups excluding carboxylic acids is 1. The first kappa shape index (κ1) is 11.1. The molecular formula is C7H7O5PS. The maximum Gasteiger partial charge on any atom is 0.341 e. The standard InChI is InChI=1S/C7H7O5PS/c8-7(12-13)5-3-1-2-4-6(5)14(9,10)11/h1-4H,13H2,(H,9,10,11). The molecule has 1 rings (SSSR count). The Balaban J connectivity index is 3.38. The summed E-state index contributed by atoms with van der Waals surface area (Å²) >= 11 is 0. The first-order valence-corrected chi connectivity index (χ1v) is 5.35. The second kappa shape index (κ2) is 4.04. The average Bonchev–Trinajstić information content (AvgIpc) is 2.15. The van der Waals surface area contributed by atoms with Crippen LogP contribution in [-0.4, -0.2) is 18.9 Å². The monoisotopic (exact) mass is 234 g/mol. The van der Waals surface area contributed by atoms with E-state index in [1.807, 2.05) is 0 Å². The fraction of sp³-hybridized carbons (Fsp3) is 0. The van der Waals surface area contributed by atoms with Crippen molar-refractivity contribution in [3.63, 3.8) is 0 Å². The predicted octanol–water partition coefficient (Wildman–Crippen LogP) is 0.880. The number of carbonyl (C=O) groups is 1. The van der Waals surface area contributed by atoms with Crippen LogP contribution in [0.1, 0.15) is 10.4 Å². The topological polar surface area (TPSA) is 80.7 Å². The molecule has 14 heavy (non-hydrogen) atoms. The molecule has 0 radical (unpaired) electrons. The Labute approximate surface area is 83.1 Å². The van der Waals surface area contributed by atoms with Crippen LogP contribution in [0, 0.1) is 0 Å². The maximum absolute atomic E-state index is 11.1. The van der Waals surface area contributed by atoms with Crippen molar-refractivity contribution in [3.8, 4) is 0 Å². The molecule has 1 aromatic carbocycles. The van der Waals surface area contributed by atoms with Gasteiger partial charge in [0.1, 0.15) is 4.90 Å². The van der Waals surface area contributed by atoms with Crippen LogP contribution in [0.4, 0.5) is 0 Å². The third kappa shape index (κ3) is 2.29. The van der Waals surface area contributed by atoms with E-state index in [9.17, 15) is 13.2 Å². The van der Waals surface area contributed by atoms with Gasteiger partial charge in [0.05, 0.1) is 15.0 Å². The molecule has 1 aromatic rings. The van der Waals surface area contributed by atoms with Gasteiger partial charge in [-0.3, -0.25) is 4.55 Å². The van der Waals surface area contributed by atoms with E-state index in [1.165, 1.54) is 18.2 Å². The Hall–Kier alpha value is -0.970. The van der Waals surface area contributed by atoms with E-state index < -0.39 is 21.0 Å². The zero-order valence-electron chi connectivity index (χ0n) is 6.88. The minimum absolute atomic E-state index is 0.204. The number of hydrogen-bond donors (Lipinski definition) is 1. The second-order valence-corrected chi connectivity index (χ2v) is 4.00. The summed E-state index contributed by atoms with van der Waals surface area (Å²) in [5.41, 5.74) is -0.204. The molecule has 0 amide bonds. The van der Waals surface area contributed by atoms with Crippen molar-refractivity contribution in [2.24, 2.45) is 0 Å². The highest BCUT2D eigenvalue weighted by atomic mass is 32.2. The van der Waals surface area contributed by atoms with Gasteiger partial charge in [-0.05, 0) is 12.1 Å². The third-order valence-corrected chi connectivity index (χ3v) is 2.62.